The number of benzene rings is 1. The van der Waals surface area contributed by atoms with Crippen LogP contribution >= 0.6 is 0 Å². The molecule has 0 atom stereocenters. The van der Waals surface area contributed by atoms with Gasteiger partial charge in [0.25, 0.3) is 0 Å². The number of rotatable bonds is 7. The Bertz CT molecular complexity index is 1180. The Morgan fingerprint density at radius 2 is 1.94 bits per heavy atom. The van der Waals surface area contributed by atoms with E-state index in [2.05, 4.69) is 21.4 Å². The molecule has 3 aromatic rings. The molecule has 2 N–H and O–H groups in total. The summed E-state index contributed by atoms with van der Waals surface area (Å²) in [7, 11) is 0. The number of nitrogens with one attached hydrogen (secondary N) is 1. The molecule has 2 aromatic heterocycles. The van der Waals surface area contributed by atoms with Crippen molar-refractivity contribution in [1.29, 1.82) is 5.26 Å². The van der Waals surface area contributed by atoms with Crippen molar-refractivity contribution in [3.05, 3.63) is 66.0 Å². The molecular formula is C26H27N5O3. The van der Waals surface area contributed by atoms with Crippen molar-refractivity contribution in [2.75, 3.05) is 25.0 Å². The van der Waals surface area contributed by atoms with Gasteiger partial charge in [0, 0.05) is 32.4 Å². The molecule has 0 unspecified atom stereocenters. The summed E-state index contributed by atoms with van der Waals surface area (Å²) < 4.78 is 6.00. The van der Waals surface area contributed by atoms with Gasteiger partial charge in [-0.2, -0.15) is 5.26 Å². The second-order valence-electron chi connectivity index (χ2n) is 8.35. The zero-order chi connectivity index (χ0) is 23.9. The zero-order valence-electron chi connectivity index (χ0n) is 19.1. The lowest BCUT2D eigenvalue weighted by atomic mass is 9.97. The minimum absolute atomic E-state index is 0.0545. The van der Waals surface area contributed by atoms with E-state index >= 15 is 0 Å². The number of carbonyl (C=O) groups is 1. The molecule has 1 fully saturated rings. The van der Waals surface area contributed by atoms with Gasteiger partial charge in [-0.3, -0.25) is 4.79 Å². The predicted octanol–water partition coefficient (Wildman–Crippen LogP) is 3.89. The normalized spacial score (nSPS) is 13.9. The van der Waals surface area contributed by atoms with E-state index in [0.717, 1.165) is 42.6 Å². The van der Waals surface area contributed by atoms with Crippen LogP contribution in [-0.4, -0.2) is 45.6 Å². The van der Waals surface area contributed by atoms with Gasteiger partial charge in [0.1, 0.15) is 23.5 Å². The van der Waals surface area contributed by atoms with Crippen molar-refractivity contribution < 1.29 is 14.6 Å². The van der Waals surface area contributed by atoms with Crippen LogP contribution in [0, 0.1) is 17.2 Å². The van der Waals surface area contributed by atoms with E-state index in [1.165, 1.54) is 0 Å². The van der Waals surface area contributed by atoms with Gasteiger partial charge >= 0.3 is 0 Å². The number of pyridine rings is 2. The Morgan fingerprint density at radius 3 is 2.62 bits per heavy atom. The molecular weight excluding hydrogens is 430 g/mol. The number of nitriles is 1. The van der Waals surface area contributed by atoms with E-state index in [0.29, 0.717) is 35.5 Å². The first-order valence-corrected chi connectivity index (χ1v) is 11.3. The number of anilines is 2. The van der Waals surface area contributed by atoms with E-state index < -0.39 is 0 Å². The highest BCUT2D eigenvalue weighted by Crippen LogP contribution is 2.29. The number of amides is 1. The van der Waals surface area contributed by atoms with Crippen LogP contribution in [0.2, 0.25) is 0 Å². The second-order valence-corrected chi connectivity index (χ2v) is 8.35. The molecule has 1 aliphatic rings. The maximum atomic E-state index is 11.5. The number of nitrogens with zero attached hydrogens (tertiary/aromatic N) is 4. The highest BCUT2D eigenvalue weighted by molar-refractivity contribution is 5.73. The molecule has 8 heteroatoms. The van der Waals surface area contributed by atoms with Crippen LogP contribution in [0.1, 0.15) is 30.9 Å². The second kappa shape index (κ2) is 10.8. The summed E-state index contributed by atoms with van der Waals surface area (Å²) in [6.45, 7) is 3.59. The maximum absolute atomic E-state index is 11.5. The molecule has 4 rings (SSSR count). The number of aliphatic hydroxyl groups excluding tert-OH is 1. The van der Waals surface area contributed by atoms with Gasteiger partial charge in [0.05, 0.1) is 18.8 Å². The van der Waals surface area contributed by atoms with Crippen LogP contribution in [0.4, 0.5) is 11.6 Å². The summed E-state index contributed by atoms with van der Waals surface area (Å²) in [5.41, 5.74) is 3.00. The van der Waals surface area contributed by atoms with E-state index in [1.807, 2.05) is 35.2 Å². The summed E-state index contributed by atoms with van der Waals surface area (Å²) in [6.07, 6.45) is 5.12. The van der Waals surface area contributed by atoms with E-state index in [9.17, 15) is 10.1 Å². The predicted molar refractivity (Wildman–Crippen MR) is 128 cm³/mol. The minimum Gasteiger partial charge on any atom is -0.492 e. The zero-order valence-corrected chi connectivity index (χ0v) is 19.1. The van der Waals surface area contributed by atoms with Gasteiger partial charge in [-0.05, 0) is 65.8 Å². The number of likely N-dealkylation sites (tertiary alicyclic amines) is 1. The smallest absolute Gasteiger partial charge is 0.219 e. The SMILES string of the molecule is CC(=O)N1CCC(COc2ccc(-c3ccnc(Nc4ccc(CO)cn4)c3)cc2C#N)CC1. The van der Waals surface area contributed by atoms with Crippen molar-refractivity contribution in [3.8, 4) is 22.9 Å². The van der Waals surface area contributed by atoms with Crippen LogP contribution in [0.3, 0.4) is 0 Å². The molecule has 174 valence electrons. The van der Waals surface area contributed by atoms with E-state index in [4.69, 9.17) is 9.84 Å². The number of aromatic nitrogens is 2. The largest absolute Gasteiger partial charge is 0.492 e. The lowest BCUT2D eigenvalue weighted by Gasteiger charge is -2.31. The molecule has 1 amide bonds. The monoisotopic (exact) mass is 457 g/mol. The fourth-order valence-corrected chi connectivity index (χ4v) is 3.95. The van der Waals surface area contributed by atoms with Crippen molar-refractivity contribution in [3.63, 3.8) is 0 Å². The van der Waals surface area contributed by atoms with Crippen molar-refractivity contribution in [2.24, 2.45) is 5.92 Å². The maximum Gasteiger partial charge on any atom is 0.219 e. The van der Waals surface area contributed by atoms with Gasteiger partial charge in [0.2, 0.25) is 5.91 Å². The Morgan fingerprint density at radius 1 is 1.15 bits per heavy atom. The molecule has 0 aliphatic carbocycles. The van der Waals surface area contributed by atoms with Crippen LogP contribution in [0.5, 0.6) is 5.75 Å². The van der Waals surface area contributed by atoms with Gasteiger partial charge in [-0.25, -0.2) is 9.97 Å². The van der Waals surface area contributed by atoms with Crippen LogP contribution in [0.25, 0.3) is 11.1 Å². The summed E-state index contributed by atoms with van der Waals surface area (Å²) >= 11 is 0. The molecule has 0 spiro atoms. The van der Waals surface area contributed by atoms with Crippen molar-refractivity contribution in [1.82, 2.24) is 14.9 Å². The Kier molecular flexibility index (Phi) is 7.35. The number of hydrogen-bond donors (Lipinski definition) is 2. The summed E-state index contributed by atoms with van der Waals surface area (Å²) in [4.78, 5) is 22.0. The molecule has 1 aromatic carbocycles. The first kappa shape index (κ1) is 23.2. The quantitative estimate of drug-likeness (QED) is 0.554. The fourth-order valence-electron chi connectivity index (χ4n) is 3.95. The van der Waals surface area contributed by atoms with Crippen molar-refractivity contribution in [2.45, 2.75) is 26.4 Å². The average Bonchev–Trinajstić information content (AvgIpc) is 2.88. The van der Waals surface area contributed by atoms with E-state index in [1.54, 1.807) is 31.5 Å². The van der Waals surface area contributed by atoms with E-state index in [-0.39, 0.29) is 12.5 Å². The van der Waals surface area contributed by atoms with Gasteiger partial charge in [0.15, 0.2) is 0 Å². The third-order valence-corrected chi connectivity index (χ3v) is 5.99. The number of piperidine rings is 1. The van der Waals surface area contributed by atoms with Gasteiger partial charge < -0.3 is 20.1 Å². The summed E-state index contributed by atoms with van der Waals surface area (Å²) in [6, 6.07) is 15.2. The molecule has 34 heavy (non-hydrogen) atoms. The van der Waals surface area contributed by atoms with Crippen LogP contribution in [0.15, 0.2) is 54.9 Å². The first-order valence-electron chi connectivity index (χ1n) is 11.3. The topological polar surface area (TPSA) is 111 Å². The van der Waals surface area contributed by atoms with Gasteiger partial charge in [-0.1, -0.05) is 12.1 Å². The number of hydrogen-bond acceptors (Lipinski definition) is 7. The fraction of sp³-hybridized carbons (Fsp3) is 0.308. The average molecular weight is 458 g/mol. The molecule has 1 aliphatic heterocycles. The van der Waals surface area contributed by atoms with Crippen LogP contribution in [-0.2, 0) is 11.4 Å². The number of ether oxygens (including phenoxy) is 1. The molecule has 8 nitrogen and oxygen atoms in total. The highest BCUT2D eigenvalue weighted by Gasteiger charge is 2.21. The van der Waals surface area contributed by atoms with Crippen LogP contribution < -0.4 is 10.1 Å². The standard InChI is InChI=1S/C26H27N5O3/c1-18(33)31-10-7-19(8-11-31)17-34-24-4-3-21(12-23(24)14-27)22-6-9-28-26(13-22)30-25-5-2-20(16-32)15-29-25/h2-6,9,12-13,15,19,32H,7-8,10-11,16-17H2,1H3,(H,28,29,30). The number of aliphatic hydroxyl groups is 1. The Hall–Kier alpha value is -3.96. The number of carbonyl (C=O) groups excluding carboxylic acids is 1. The lowest BCUT2D eigenvalue weighted by Crippen LogP contribution is -2.38. The molecule has 3 heterocycles. The third-order valence-electron chi connectivity index (χ3n) is 5.99. The first-order chi connectivity index (χ1) is 16.6. The molecule has 0 saturated carbocycles. The van der Waals surface area contributed by atoms with Crippen molar-refractivity contribution >= 4 is 17.5 Å². The summed E-state index contributed by atoms with van der Waals surface area (Å²) in [5, 5.41) is 22.0. The Labute approximate surface area is 198 Å². The molecule has 1 saturated heterocycles. The highest BCUT2D eigenvalue weighted by atomic mass is 16.5. The Balaban J connectivity index is 1.42. The summed E-state index contributed by atoms with van der Waals surface area (Å²) in [5.74, 6) is 2.30. The van der Waals surface area contributed by atoms with Gasteiger partial charge in [-0.15, -0.1) is 0 Å². The third kappa shape index (κ3) is 5.69. The lowest BCUT2D eigenvalue weighted by molar-refractivity contribution is -0.130. The molecule has 0 bridgehead atoms. The molecule has 0 radical (unpaired) electrons. The minimum atomic E-state index is -0.0545.